The molecule has 22 heavy (non-hydrogen) atoms. The number of benzene rings is 2. The van der Waals surface area contributed by atoms with Crippen molar-refractivity contribution in [2.75, 3.05) is 6.61 Å². The summed E-state index contributed by atoms with van der Waals surface area (Å²) in [6.07, 6.45) is 0.721. The molecule has 0 fully saturated rings. The van der Waals surface area contributed by atoms with Gasteiger partial charge < -0.3 is 9.05 Å². The van der Waals surface area contributed by atoms with E-state index in [1.54, 1.807) is 24.3 Å². The monoisotopic (exact) mass is 320 g/mol. The van der Waals surface area contributed by atoms with E-state index in [9.17, 15) is 4.57 Å². The summed E-state index contributed by atoms with van der Waals surface area (Å²) in [5, 5.41) is 0. The Morgan fingerprint density at radius 1 is 0.818 bits per heavy atom. The standard InChI is InChI=1S/C17H21O4P/c1-4-13-19-22(18,20-16-9-5-14(2)6-10-16)21-17-11-7-15(3)8-12-17/h5-12H,4,13H2,1-3H3. The van der Waals surface area contributed by atoms with Crippen LogP contribution in [-0.2, 0) is 9.09 Å². The second-order valence-corrected chi connectivity index (χ2v) is 6.61. The van der Waals surface area contributed by atoms with Crippen molar-refractivity contribution in [1.29, 1.82) is 0 Å². The van der Waals surface area contributed by atoms with E-state index >= 15 is 0 Å². The fourth-order valence-corrected chi connectivity index (χ4v) is 3.04. The molecule has 0 atom stereocenters. The van der Waals surface area contributed by atoms with Crippen LogP contribution in [0.3, 0.4) is 0 Å². The highest BCUT2D eigenvalue weighted by Gasteiger charge is 2.30. The lowest BCUT2D eigenvalue weighted by Gasteiger charge is -2.19. The number of hydrogen-bond acceptors (Lipinski definition) is 4. The molecule has 0 aliphatic carbocycles. The molecule has 5 heteroatoms. The van der Waals surface area contributed by atoms with E-state index in [1.165, 1.54) is 0 Å². The highest BCUT2D eigenvalue weighted by atomic mass is 31.2. The number of hydrogen-bond donors (Lipinski definition) is 0. The van der Waals surface area contributed by atoms with Gasteiger partial charge in [0.1, 0.15) is 11.5 Å². The molecule has 0 saturated carbocycles. The molecular weight excluding hydrogens is 299 g/mol. The molecular formula is C17H21O4P. The van der Waals surface area contributed by atoms with Gasteiger partial charge in [-0.3, -0.25) is 4.52 Å². The van der Waals surface area contributed by atoms with E-state index in [0.717, 1.165) is 17.5 Å². The molecule has 0 spiro atoms. The zero-order chi connectivity index (χ0) is 16.0. The average molecular weight is 320 g/mol. The van der Waals surface area contributed by atoms with Crippen LogP contribution in [0, 0.1) is 13.8 Å². The molecule has 0 aliphatic heterocycles. The SMILES string of the molecule is CCCOP(=O)(Oc1ccc(C)cc1)Oc1ccc(C)cc1. The summed E-state index contributed by atoms with van der Waals surface area (Å²) in [5.74, 6) is 0.911. The number of aryl methyl sites for hydroxylation is 2. The summed E-state index contributed by atoms with van der Waals surface area (Å²) >= 11 is 0. The van der Waals surface area contributed by atoms with Gasteiger partial charge in [0.25, 0.3) is 0 Å². The van der Waals surface area contributed by atoms with Crippen LogP contribution in [0.5, 0.6) is 11.5 Å². The smallest absolute Gasteiger partial charge is 0.395 e. The van der Waals surface area contributed by atoms with Gasteiger partial charge in [-0.05, 0) is 44.5 Å². The Balaban J connectivity index is 2.17. The van der Waals surface area contributed by atoms with Gasteiger partial charge in [-0.1, -0.05) is 42.3 Å². The van der Waals surface area contributed by atoms with Crippen LogP contribution < -0.4 is 9.05 Å². The number of phosphoric acid groups is 1. The molecule has 0 aromatic heterocycles. The fraction of sp³-hybridized carbons (Fsp3) is 0.294. The zero-order valence-corrected chi connectivity index (χ0v) is 14.0. The predicted octanol–water partition coefficient (Wildman–Crippen LogP) is 5.30. The third kappa shape index (κ3) is 4.90. The quantitative estimate of drug-likeness (QED) is 0.650. The second kappa shape index (κ2) is 7.48. The Hall–Kier alpha value is -1.77. The molecule has 0 N–H and O–H groups in total. The molecule has 2 aromatic rings. The third-order valence-electron chi connectivity index (χ3n) is 2.93. The van der Waals surface area contributed by atoms with Crippen LogP contribution in [0.4, 0.5) is 0 Å². The van der Waals surface area contributed by atoms with E-state index in [0.29, 0.717) is 18.1 Å². The summed E-state index contributed by atoms with van der Waals surface area (Å²) in [7, 11) is -3.71. The lowest BCUT2D eigenvalue weighted by atomic mass is 10.2. The first kappa shape index (κ1) is 16.6. The van der Waals surface area contributed by atoms with Crippen molar-refractivity contribution in [2.45, 2.75) is 27.2 Å². The minimum absolute atomic E-state index is 0.301. The van der Waals surface area contributed by atoms with Crippen molar-refractivity contribution in [3.63, 3.8) is 0 Å². The largest absolute Gasteiger partial charge is 0.587 e. The highest BCUT2D eigenvalue weighted by Crippen LogP contribution is 2.49. The van der Waals surface area contributed by atoms with Gasteiger partial charge in [-0.25, -0.2) is 4.57 Å². The lowest BCUT2D eigenvalue weighted by molar-refractivity contribution is 0.210. The van der Waals surface area contributed by atoms with Crippen LogP contribution >= 0.6 is 7.82 Å². The van der Waals surface area contributed by atoms with Gasteiger partial charge in [-0.2, -0.15) is 0 Å². The summed E-state index contributed by atoms with van der Waals surface area (Å²) < 4.78 is 29.2. The Morgan fingerprint density at radius 3 is 1.59 bits per heavy atom. The minimum Gasteiger partial charge on any atom is -0.395 e. The minimum atomic E-state index is -3.71. The number of phosphoric ester groups is 1. The van der Waals surface area contributed by atoms with Crippen LogP contribution in [0.1, 0.15) is 24.5 Å². The summed E-state index contributed by atoms with van der Waals surface area (Å²) in [6.45, 7) is 6.18. The summed E-state index contributed by atoms with van der Waals surface area (Å²) in [6, 6.07) is 14.5. The van der Waals surface area contributed by atoms with Gasteiger partial charge in [0.05, 0.1) is 6.61 Å². The Labute approximate surface area is 131 Å². The van der Waals surface area contributed by atoms with Crippen molar-refractivity contribution >= 4 is 7.82 Å². The molecule has 0 saturated heterocycles. The maximum atomic E-state index is 12.8. The van der Waals surface area contributed by atoms with Gasteiger partial charge in [0.15, 0.2) is 0 Å². The van der Waals surface area contributed by atoms with Crippen LogP contribution in [0.15, 0.2) is 48.5 Å². The van der Waals surface area contributed by atoms with Gasteiger partial charge in [0.2, 0.25) is 0 Å². The molecule has 0 radical (unpaired) electrons. The predicted molar refractivity (Wildman–Crippen MR) is 87.5 cm³/mol. The molecule has 0 unspecified atom stereocenters. The Bertz CT molecular complexity index is 583. The molecule has 118 valence electrons. The van der Waals surface area contributed by atoms with Crippen LogP contribution in [-0.4, -0.2) is 6.61 Å². The first-order valence-electron chi connectivity index (χ1n) is 7.28. The highest BCUT2D eigenvalue weighted by molar-refractivity contribution is 7.49. The topological polar surface area (TPSA) is 44.8 Å². The zero-order valence-electron chi connectivity index (χ0n) is 13.1. The van der Waals surface area contributed by atoms with E-state index in [4.69, 9.17) is 13.6 Å². The van der Waals surface area contributed by atoms with Crippen molar-refractivity contribution in [2.24, 2.45) is 0 Å². The second-order valence-electron chi connectivity index (χ2n) is 5.09. The van der Waals surface area contributed by atoms with Crippen LogP contribution in [0.25, 0.3) is 0 Å². The maximum absolute atomic E-state index is 12.8. The molecule has 2 rings (SSSR count). The van der Waals surface area contributed by atoms with Gasteiger partial charge >= 0.3 is 7.82 Å². The van der Waals surface area contributed by atoms with Gasteiger partial charge in [0, 0.05) is 0 Å². The lowest BCUT2D eigenvalue weighted by Crippen LogP contribution is -2.05. The average Bonchev–Trinajstić information content (AvgIpc) is 2.50. The first-order valence-corrected chi connectivity index (χ1v) is 8.74. The summed E-state index contributed by atoms with van der Waals surface area (Å²) in [5.41, 5.74) is 2.19. The fourth-order valence-electron chi connectivity index (χ4n) is 1.73. The molecule has 2 aromatic carbocycles. The molecule has 0 bridgehead atoms. The number of rotatable bonds is 7. The van der Waals surface area contributed by atoms with E-state index in [-0.39, 0.29) is 0 Å². The third-order valence-corrected chi connectivity index (χ3v) is 4.30. The van der Waals surface area contributed by atoms with E-state index in [2.05, 4.69) is 0 Å². The van der Waals surface area contributed by atoms with Gasteiger partial charge in [-0.15, -0.1) is 0 Å². The molecule has 0 amide bonds. The van der Waals surface area contributed by atoms with Crippen molar-refractivity contribution in [3.05, 3.63) is 59.7 Å². The van der Waals surface area contributed by atoms with E-state index < -0.39 is 7.82 Å². The summed E-state index contributed by atoms with van der Waals surface area (Å²) in [4.78, 5) is 0. The van der Waals surface area contributed by atoms with Crippen molar-refractivity contribution in [1.82, 2.24) is 0 Å². The van der Waals surface area contributed by atoms with Crippen molar-refractivity contribution in [3.8, 4) is 11.5 Å². The van der Waals surface area contributed by atoms with Crippen LogP contribution in [0.2, 0.25) is 0 Å². The first-order chi connectivity index (χ1) is 10.5. The normalized spacial score (nSPS) is 11.2. The maximum Gasteiger partial charge on any atom is 0.587 e. The van der Waals surface area contributed by atoms with Crippen molar-refractivity contribution < 1.29 is 18.1 Å². The molecule has 4 nitrogen and oxygen atoms in total. The molecule has 0 heterocycles. The Kier molecular flexibility index (Phi) is 5.64. The molecule has 0 aliphatic rings. The Morgan fingerprint density at radius 2 is 1.23 bits per heavy atom. The van der Waals surface area contributed by atoms with E-state index in [1.807, 2.05) is 45.0 Å².